The largest absolute Gasteiger partial charge is 0.490 e. The number of likely N-dealkylation sites (tertiary alicyclic amines) is 1. The lowest BCUT2D eigenvalue weighted by molar-refractivity contribution is -0.139. The second kappa shape index (κ2) is 8.78. The van der Waals surface area contributed by atoms with Crippen LogP contribution in [-0.2, 0) is 4.79 Å². The van der Waals surface area contributed by atoms with E-state index in [1.807, 2.05) is 49.1 Å². The third-order valence-corrected chi connectivity index (χ3v) is 4.82. The van der Waals surface area contributed by atoms with Crippen LogP contribution in [0, 0.1) is 13.8 Å². The van der Waals surface area contributed by atoms with Gasteiger partial charge in [0.25, 0.3) is 5.91 Å². The van der Waals surface area contributed by atoms with Gasteiger partial charge in [0, 0.05) is 31.5 Å². The summed E-state index contributed by atoms with van der Waals surface area (Å²) in [5, 5.41) is 8.79. The first-order chi connectivity index (χ1) is 13.4. The van der Waals surface area contributed by atoms with Crippen molar-refractivity contribution in [3.05, 3.63) is 59.2 Å². The van der Waals surface area contributed by atoms with Gasteiger partial charge in [-0.25, -0.2) is 4.79 Å². The molecule has 0 unspecified atom stereocenters. The predicted molar refractivity (Wildman–Crippen MR) is 105 cm³/mol. The average molecular weight is 383 g/mol. The van der Waals surface area contributed by atoms with Crippen LogP contribution in [0.25, 0.3) is 0 Å². The van der Waals surface area contributed by atoms with Gasteiger partial charge in [0.1, 0.15) is 17.6 Å². The fourth-order valence-corrected chi connectivity index (χ4v) is 3.49. The number of ether oxygens (including phenoxy) is 2. The Morgan fingerprint density at radius 2 is 1.68 bits per heavy atom. The third kappa shape index (κ3) is 4.82. The number of piperidine rings is 1. The highest BCUT2D eigenvalue weighted by molar-refractivity contribution is 5.95. The molecule has 0 bridgehead atoms. The van der Waals surface area contributed by atoms with Crippen molar-refractivity contribution in [1.82, 2.24) is 4.90 Å². The summed E-state index contributed by atoms with van der Waals surface area (Å²) in [6.45, 7) is 4.53. The Labute approximate surface area is 164 Å². The number of rotatable bonds is 6. The van der Waals surface area contributed by atoms with Gasteiger partial charge in [-0.05, 0) is 49.2 Å². The quantitative estimate of drug-likeness (QED) is 0.827. The summed E-state index contributed by atoms with van der Waals surface area (Å²) in [5.74, 6) is 0.332. The molecule has 1 amide bonds. The molecule has 148 valence electrons. The second-order valence-corrected chi connectivity index (χ2v) is 7.04. The number of hydrogen-bond acceptors (Lipinski definition) is 4. The molecule has 0 aliphatic carbocycles. The summed E-state index contributed by atoms with van der Waals surface area (Å²) in [6.07, 6.45) is 1.69. The molecule has 28 heavy (non-hydrogen) atoms. The molecular weight excluding hydrogens is 358 g/mol. The van der Waals surface area contributed by atoms with E-state index in [4.69, 9.17) is 14.6 Å². The number of aliphatic carboxylic acids is 1. The molecule has 0 aromatic heterocycles. The van der Waals surface area contributed by atoms with Gasteiger partial charge in [-0.1, -0.05) is 18.2 Å². The van der Waals surface area contributed by atoms with Gasteiger partial charge in [-0.15, -0.1) is 0 Å². The van der Waals surface area contributed by atoms with Crippen molar-refractivity contribution in [3.8, 4) is 11.5 Å². The molecule has 6 heteroatoms. The zero-order chi connectivity index (χ0) is 20.1. The minimum absolute atomic E-state index is 0.0193. The normalized spacial score (nSPS) is 14.6. The Balaban J connectivity index is 1.61. The van der Waals surface area contributed by atoms with Gasteiger partial charge in [0.05, 0.1) is 0 Å². The molecule has 0 radical (unpaired) electrons. The molecule has 1 N–H and O–H groups in total. The van der Waals surface area contributed by atoms with E-state index in [-0.39, 0.29) is 12.0 Å². The SMILES string of the molecule is Cc1cc(C(=O)N2CCC(Oc3ccccc3)CC2)cc(C)c1OCC(=O)O. The van der Waals surface area contributed by atoms with Crippen molar-refractivity contribution in [1.29, 1.82) is 0 Å². The van der Waals surface area contributed by atoms with Gasteiger partial charge in [0.15, 0.2) is 6.61 Å². The minimum atomic E-state index is -1.03. The second-order valence-electron chi connectivity index (χ2n) is 7.04. The van der Waals surface area contributed by atoms with Gasteiger partial charge in [0.2, 0.25) is 0 Å². The smallest absolute Gasteiger partial charge is 0.341 e. The molecule has 0 atom stereocenters. The third-order valence-electron chi connectivity index (χ3n) is 4.82. The number of carboxylic acids is 1. The Morgan fingerprint density at radius 1 is 1.07 bits per heavy atom. The molecule has 6 nitrogen and oxygen atoms in total. The zero-order valence-electron chi connectivity index (χ0n) is 16.2. The summed E-state index contributed by atoms with van der Waals surface area (Å²) in [7, 11) is 0. The molecule has 1 aliphatic heterocycles. The highest BCUT2D eigenvalue weighted by atomic mass is 16.5. The molecule has 3 rings (SSSR count). The Hall–Kier alpha value is -3.02. The first-order valence-corrected chi connectivity index (χ1v) is 9.41. The molecule has 1 saturated heterocycles. The Bertz CT molecular complexity index is 818. The molecule has 1 heterocycles. The zero-order valence-corrected chi connectivity index (χ0v) is 16.2. The maximum atomic E-state index is 12.9. The lowest BCUT2D eigenvalue weighted by Crippen LogP contribution is -2.41. The van der Waals surface area contributed by atoms with Crippen molar-refractivity contribution in [2.24, 2.45) is 0 Å². The number of nitrogens with zero attached hydrogens (tertiary/aromatic N) is 1. The van der Waals surface area contributed by atoms with E-state index >= 15 is 0 Å². The fourth-order valence-electron chi connectivity index (χ4n) is 3.49. The summed E-state index contributed by atoms with van der Waals surface area (Å²) < 4.78 is 11.3. The van der Waals surface area contributed by atoms with E-state index in [0.717, 1.165) is 29.7 Å². The maximum absolute atomic E-state index is 12.9. The molecule has 1 aliphatic rings. The fraction of sp³-hybridized carbons (Fsp3) is 0.364. The van der Waals surface area contributed by atoms with E-state index in [9.17, 15) is 9.59 Å². The van der Waals surface area contributed by atoms with Crippen molar-refractivity contribution in [2.45, 2.75) is 32.8 Å². The van der Waals surface area contributed by atoms with Crippen molar-refractivity contribution >= 4 is 11.9 Å². The highest BCUT2D eigenvalue weighted by Crippen LogP contribution is 2.26. The minimum Gasteiger partial charge on any atom is -0.490 e. The van der Waals surface area contributed by atoms with Crippen LogP contribution in [0.15, 0.2) is 42.5 Å². The van der Waals surface area contributed by atoms with E-state index in [1.165, 1.54) is 0 Å². The number of benzene rings is 2. The monoisotopic (exact) mass is 383 g/mol. The number of carboxylic acid groups (broad SMARTS) is 1. The molecule has 2 aromatic carbocycles. The lowest BCUT2D eigenvalue weighted by atomic mass is 10.0. The molecule has 0 saturated carbocycles. The number of carbonyl (C=O) groups excluding carboxylic acids is 1. The number of carbonyl (C=O) groups is 2. The van der Waals surface area contributed by atoms with Crippen LogP contribution in [0.4, 0.5) is 0 Å². The maximum Gasteiger partial charge on any atom is 0.341 e. The van der Waals surface area contributed by atoms with Crippen LogP contribution < -0.4 is 9.47 Å². The van der Waals surface area contributed by atoms with Gasteiger partial charge >= 0.3 is 5.97 Å². The van der Waals surface area contributed by atoms with Crippen molar-refractivity contribution < 1.29 is 24.2 Å². The summed E-state index contributed by atoms with van der Waals surface area (Å²) in [4.78, 5) is 25.5. The van der Waals surface area contributed by atoms with E-state index in [1.54, 1.807) is 12.1 Å². The van der Waals surface area contributed by atoms with E-state index in [0.29, 0.717) is 24.4 Å². The Kier molecular flexibility index (Phi) is 6.19. The van der Waals surface area contributed by atoms with Crippen LogP contribution in [0.3, 0.4) is 0 Å². The van der Waals surface area contributed by atoms with Gasteiger partial charge < -0.3 is 19.5 Å². The number of aryl methyl sites for hydroxylation is 2. The molecule has 0 spiro atoms. The summed E-state index contributed by atoms with van der Waals surface area (Å²) >= 11 is 0. The van der Waals surface area contributed by atoms with E-state index in [2.05, 4.69) is 0 Å². The van der Waals surface area contributed by atoms with E-state index < -0.39 is 12.6 Å². The molecule has 2 aromatic rings. The van der Waals surface area contributed by atoms with Crippen molar-refractivity contribution in [3.63, 3.8) is 0 Å². The number of amides is 1. The van der Waals surface area contributed by atoms with Crippen LogP contribution in [0.5, 0.6) is 11.5 Å². The highest BCUT2D eigenvalue weighted by Gasteiger charge is 2.25. The number of hydrogen-bond donors (Lipinski definition) is 1. The first kappa shape index (κ1) is 19.7. The standard InChI is InChI=1S/C22H25NO5/c1-15-12-17(13-16(2)21(15)27-14-20(24)25)22(26)23-10-8-19(9-11-23)28-18-6-4-3-5-7-18/h3-7,12-13,19H,8-11,14H2,1-2H3,(H,24,25). The number of para-hydroxylation sites is 1. The van der Waals surface area contributed by atoms with Gasteiger partial charge in [-0.3, -0.25) is 4.79 Å². The molecular formula is C22H25NO5. The van der Waals surface area contributed by atoms with Gasteiger partial charge in [-0.2, -0.15) is 0 Å². The van der Waals surface area contributed by atoms with Crippen LogP contribution in [-0.4, -0.2) is 47.7 Å². The predicted octanol–water partition coefficient (Wildman–Crippen LogP) is 3.45. The topological polar surface area (TPSA) is 76.1 Å². The molecule has 1 fully saturated rings. The lowest BCUT2D eigenvalue weighted by Gasteiger charge is -2.32. The first-order valence-electron chi connectivity index (χ1n) is 9.41. The van der Waals surface area contributed by atoms with Crippen LogP contribution in [0.1, 0.15) is 34.3 Å². The summed E-state index contributed by atoms with van der Waals surface area (Å²) in [5.41, 5.74) is 2.11. The Morgan fingerprint density at radius 3 is 2.25 bits per heavy atom. The van der Waals surface area contributed by atoms with Crippen LogP contribution in [0.2, 0.25) is 0 Å². The summed E-state index contributed by atoms with van der Waals surface area (Å²) in [6, 6.07) is 13.3. The average Bonchev–Trinajstić information content (AvgIpc) is 2.68. The van der Waals surface area contributed by atoms with Crippen molar-refractivity contribution in [2.75, 3.05) is 19.7 Å². The van der Waals surface area contributed by atoms with Crippen LogP contribution >= 0.6 is 0 Å².